The summed E-state index contributed by atoms with van der Waals surface area (Å²) >= 11 is 0. The average molecular weight is 273 g/mol. The standard InChI is InChI=1S/C14H19N5O/c1-9-15-10-11(16-9)19-8-14(6-4-3-5-7-14)17-13(19)18(2)12(10)20/h3-8H2,1-2H3,(H,15,16). The number of nitrogens with zero attached hydrogens (tertiary/aromatic N) is 4. The van der Waals surface area contributed by atoms with Crippen molar-refractivity contribution in [1.82, 2.24) is 14.9 Å². The fourth-order valence-corrected chi connectivity index (χ4v) is 3.66. The quantitative estimate of drug-likeness (QED) is 0.782. The van der Waals surface area contributed by atoms with Crippen LogP contribution in [0.4, 0.5) is 5.82 Å². The lowest BCUT2D eigenvalue weighted by Gasteiger charge is -2.32. The van der Waals surface area contributed by atoms with Gasteiger partial charge in [-0.05, 0) is 19.8 Å². The molecule has 1 spiro atoms. The Morgan fingerprint density at radius 3 is 2.75 bits per heavy atom. The molecule has 0 saturated heterocycles. The summed E-state index contributed by atoms with van der Waals surface area (Å²) in [5.74, 6) is 2.27. The van der Waals surface area contributed by atoms with E-state index in [1.807, 2.05) is 6.92 Å². The molecule has 0 bridgehead atoms. The fourth-order valence-electron chi connectivity index (χ4n) is 3.66. The Morgan fingerprint density at radius 1 is 1.25 bits per heavy atom. The van der Waals surface area contributed by atoms with Gasteiger partial charge in [-0.25, -0.2) is 9.98 Å². The van der Waals surface area contributed by atoms with Crippen LogP contribution in [-0.2, 0) is 0 Å². The Hall–Kier alpha value is -1.85. The van der Waals surface area contributed by atoms with Crippen molar-refractivity contribution in [3.8, 4) is 0 Å². The summed E-state index contributed by atoms with van der Waals surface area (Å²) in [6.07, 6.45) is 6.00. The van der Waals surface area contributed by atoms with Crippen LogP contribution in [0.1, 0.15) is 48.4 Å². The van der Waals surface area contributed by atoms with Crippen LogP contribution in [0.3, 0.4) is 0 Å². The molecule has 3 heterocycles. The second-order valence-electron chi connectivity index (χ2n) is 6.17. The molecule has 1 aromatic heterocycles. The van der Waals surface area contributed by atoms with Gasteiger partial charge in [-0.15, -0.1) is 0 Å². The number of nitrogens with one attached hydrogen (secondary N) is 1. The summed E-state index contributed by atoms with van der Waals surface area (Å²) in [4.78, 5) is 28.7. The minimum Gasteiger partial charge on any atom is -0.336 e. The van der Waals surface area contributed by atoms with Crippen molar-refractivity contribution in [2.45, 2.75) is 44.6 Å². The zero-order chi connectivity index (χ0) is 13.9. The third-order valence-electron chi connectivity index (χ3n) is 4.69. The van der Waals surface area contributed by atoms with Crippen molar-refractivity contribution in [3.05, 3.63) is 11.5 Å². The lowest BCUT2D eigenvalue weighted by Crippen LogP contribution is -2.49. The van der Waals surface area contributed by atoms with Crippen LogP contribution >= 0.6 is 0 Å². The smallest absolute Gasteiger partial charge is 0.280 e. The minimum absolute atomic E-state index is 0.00338. The summed E-state index contributed by atoms with van der Waals surface area (Å²) in [5.41, 5.74) is 0.591. The fraction of sp³-hybridized carbons (Fsp3) is 0.643. The molecule has 1 aromatic rings. The molecule has 0 aromatic carbocycles. The van der Waals surface area contributed by atoms with Crippen LogP contribution < -0.4 is 4.90 Å². The summed E-state index contributed by atoms with van der Waals surface area (Å²) in [5, 5.41) is 0. The molecule has 4 rings (SSSR count). The van der Waals surface area contributed by atoms with Gasteiger partial charge in [0.25, 0.3) is 5.91 Å². The molecule has 2 aliphatic heterocycles. The van der Waals surface area contributed by atoms with E-state index >= 15 is 0 Å². The van der Waals surface area contributed by atoms with Crippen molar-refractivity contribution < 1.29 is 4.79 Å². The number of hydrogen-bond donors (Lipinski definition) is 1. The first-order chi connectivity index (χ1) is 9.60. The van der Waals surface area contributed by atoms with E-state index in [-0.39, 0.29) is 11.4 Å². The maximum absolute atomic E-state index is 12.4. The first kappa shape index (κ1) is 11.9. The third-order valence-corrected chi connectivity index (χ3v) is 4.69. The molecular formula is C14H19N5O. The van der Waals surface area contributed by atoms with Crippen LogP contribution in [0, 0.1) is 6.92 Å². The topological polar surface area (TPSA) is 64.6 Å². The molecule has 6 nitrogen and oxygen atoms in total. The molecule has 6 heteroatoms. The maximum Gasteiger partial charge on any atom is 0.280 e. The Balaban J connectivity index is 1.80. The van der Waals surface area contributed by atoms with Gasteiger partial charge < -0.3 is 4.98 Å². The molecule has 0 unspecified atom stereocenters. The number of guanidine groups is 1. The average Bonchev–Trinajstić information content (AvgIpc) is 2.99. The van der Waals surface area contributed by atoms with Gasteiger partial charge in [-0.3, -0.25) is 14.6 Å². The molecule has 106 valence electrons. The second kappa shape index (κ2) is 3.84. The molecular weight excluding hydrogens is 254 g/mol. The summed E-state index contributed by atoms with van der Waals surface area (Å²) in [7, 11) is 1.80. The number of H-pyrrole nitrogens is 1. The molecule has 1 N–H and O–H groups in total. The van der Waals surface area contributed by atoms with Gasteiger partial charge in [0.1, 0.15) is 11.5 Å². The molecule has 1 amide bonds. The number of aryl methyl sites for hydroxylation is 1. The number of aromatic nitrogens is 2. The van der Waals surface area contributed by atoms with E-state index < -0.39 is 0 Å². The van der Waals surface area contributed by atoms with Crippen LogP contribution in [0.25, 0.3) is 0 Å². The van der Waals surface area contributed by atoms with E-state index in [4.69, 9.17) is 4.99 Å². The van der Waals surface area contributed by atoms with Gasteiger partial charge in [0.15, 0.2) is 5.82 Å². The molecule has 0 radical (unpaired) electrons. The molecule has 1 aliphatic carbocycles. The number of imidazole rings is 1. The molecule has 3 aliphatic rings. The Bertz CT molecular complexity index is 611. The Kier molecular flexibility index (Phi) is 2.29. The van der Waals surface area contributed by atoms with E-state index in [1.165, 1.54) is 19.3 Å². The van der Waals surface area contributed by atoms with Crippen molar-refractivity contribution in [2.24, 2.45) is 4.99 Å². The summed E-state index contributed by atoms with van der Waals surface area (Å²) < 4.78 is 0. The lowest BCUT2D eigenvalue weighted by atomic mass is 9.82. The van der Waals surface area contributed by atoms with Crippen LogP contribution in [-0.4, -0.2) is 45.9 Å². The zero-order valence-electron chi connectivity index (χ0n) is 11.9. The van der Waals surface area contributed by atoms with Crippen LogP contribution in [0.2, 0.25) is 0 Å². The normalized spacial score (nSPS) is 23.9. The van der Waals surface area contributed by atoms with Crippen LogP contribution in [0.5, 0.6) is 0 Å². The Morgan fingerprint density at radius 2 is 2.00 bits per heavy atom. The molecule has 20 heavy (non-hydrogen) atoms. The highest BCUT2D eigenvalue weighted by atomic mass is 16.2. The highest BCUT2D eigenvalue weighted by Crippen LogP contribution is 2.40. The van der Waals surface area contributed by atoms with Gasteiger partial charge in [-0.1, -0.05) is 19.3 Å². The number of aromatic amines is 1. The van der Waals surface area contributed by atoms with Gasteiger partial charge in [0, 0.05) is 7.05 Å². The van der Waals surface area contributed by atoms with E-state index in [1.54, 1.807) is 11.9 Å². The lowest BCUT2D eigenvalue weighted by molar-refractivity contribution is 0.0860. The van der Waals surface area contributed by atoms with E-state index in [9.17, 15) is 4.79 Å². The molecule has 1 fully saturated rings. The van der Waals surface area contributed by atoms with Gasteiger partial charge in [0.2, 0.25) is 5.96 Å². The first-order valence-corrected chi connectivity index (χ1v) is 7.32. The van der Waals surface area contributed by atoms with Gasteiger partial charge >= 0.3 is 0 Å². The number of hydrogen-bond acceptors (Lipinski definition) is 4. The predicted molar refractivity (Wildman–Crippen MR) is 76.0 cm³/mol. The maximum atomic E-state index is 12.4. The van der Waals surface area contributed by atoms with E-state index in [2.05, 4.69) is 14.9 Å². The third kappa shape index (κ3) is 1.47. The number of carbonyl (C=O) groups is 1. The van der Waals surface area contributed by atoms with Crippen molar-refractivity contribution >= 4 is 17.7 Å². The van der Waals surface area contributed by atoms with E-state index in [0.29, 0.717) is 5.69 Å². The number of amides is 1. The van der Waals surface area contributed by atoms with Crippen molar-refractivity contribution in [1.29, 1.82) is 0 Å². The van der Waals surface area contributed by atoms with Crippen molar-refractivity contribution in [2.75, 3.05) is 18.5 Å². The van der Waals surface area contributed by atoms with E-state index in [0.717, 1.165) is 37.0 Å². The summed E-state index contributed by atoms with van der Waals surface area (Å²) in [6.45, 7) is 2.74. The Labute approximate surface area is 117 Å². The highest BCUT2D eigenvalue weighted by molar-refractivity contribution is 6.17. The first-order valence-electron chi connectivity index (χ1n) is 7.32. The molecule has 0 atom stereocenters. The monoisotopic (exact) mass is 273 g/mol. The number of aliphatic imine (C=N–C) groups is 1. The highest BCUT2D eigenvalue weighted by Gasteiger charge is 2.47. The predicted octanol–water partition coefficient (Wildman–Crippen LogP) is 1.68. The minimum atomic E-state index is -0.0385. The number of anilines is 1. The van der Waals surface area contributed by atoms with Crippen LogP contribution in [0.15, 0.2) is 4.99 Å². The number of fused-ring (bicyclic) bond motifs is 3. The molecule has 1 saturated carbocycles. The zero-order valence-corrected chi connectivity index (χ0v) is 11.9. The summed E-state index contributed by atoms with van der Waals surface area (Å²) in [6, 6.07) is 0. The number of rotatable bonds is 0. The number of carbonyl (C=O) groups excluding carboxylic acids is 1. The van der Waals surface area contributed by atoms with Gasteiger partial charge in [0.05, 0.1) is 12.1 Å². The second-order valence-corrected chi connectivity index (χ2v) is 6.17. The van der Waals surface area contributed by atoms with Crippen molar-refractivity contribution in [3.63, 3.8) is 0 Å². The van der Waals surface area contributed by atoms with Gasteiger partial charge in [-0.2, -0.15) is 0 Å². The SMILES string of the molecule is Cc1nc2c([nH]1)C(=O)N(C)C1=NC3(CCCCC3)CN12. The largest absolute Gasteiger partial charge is 0.336 e.